The fourth-order valence-electron chi connectivity index (χ4n) is 3.12. The summed E-state index contributed by atoms with van der Waals surface area (Å²) in [5.74, 6) is -2.24. The first-order valence-electron chi connectivity index (χ1n) is 9.34. The Hall–Kier alpha value is -4.09. The van der Waals surface area contributed by atoms with Crippen molar-refractivity contribution >= 4 is 17.8 Å². The van der Waals surface area contributed by atoms with Gasteiger partial charge in [-0.1, -0.05) is 5.21 Å². The van der Waals surface area contributed by atoms with Gasteiger partial charge in [-0.05, 0) is 24.6 Å². The average Bonchev–Trinajstić information content (AvgIpc) is 3.39. The van der Waals surface area contributed by atoms with Crippen molar-refractivity contribution in [3.05, 3.63) is 53.6 Å². The number of carboxylic acids is 1. The fourth-order valence-corrected chi connectivity index (χ4v) is 3.12. The molecule has 3 N–H and O–H groups in total. The Morgan fingerprint density at radius 1 is 1.35 bits per heavy atom. The van der Waals surface area contributed by atoms with Gasteiger partial charge in [0.15, 0.2) is 5.69 Å². The van der Waals surface area contributed by atoms with Gasteiger partial charge in [-0.3, -0.25) is 9.59 Å². The highest BCUT2D eigenvalue weighted by Crippen LogP contribution is 2.20. The Balaban J connectivity index is 1.48. The van der Waals surface area contributed by atoms with Crippen molar-refractivity contribution in [2.75, 3.05) is 6.54 Å². The third-order valence-corrected chi connectivity index (χ3v) is 4.66. The summed E-state index contributed by atoms with van der Waals surface area (Å²) in [4.78, 5) is 38.4. The van der Waals surface area contributed by atoms with Crippen LogP contribution in [0.5, 0.6) is 0 Å². The number of hydrogen-bond donors (Lipinski definition) is 3. The molecule has 1 unspecified atom stereocenters. The predicted molar refractivity (Wildman–Crippen MR) is 101 cm³/mol. The van der Waals surface area contributed by atoms with Crippen LogP contribution in [-0.2, 0) is 11.3 Å². The monoisotopic (exact) mass is 428 g/mol. The number of oxazole rings is 1. The van der Waals surface area contributed by atoms with Crippen LogP contribution in [0.4, 0.5) is 4.39 Å². The molecule has 0 aliphatic carbocycles. The summed E-state index contributed by atoms with van der Waals surface area (Å²) in [7, 11) is 0. The first kappa shape index (κ1) is 20.2. The second-order valence-corrected chi connectivity index (χ2v) is 6.97. The van der Waals surface area contributed by atoms with E-state index in [2.05, 4.69) is 25.9 Å². The minimum atomic E-state index is -1.21. The highest BCUT2D eigenvalue weighted by molar-refractivity contribution is 5.95. The van der Waals surface area contributed by atoms with Crippen molar-refractivity contribution in [1.82, 2.24) is 30.6 Å². The summed E-state index contributed by atoms with van der Waals surface area (Å²) < 4.78 is 20.6. The maximum Gasteiger partial charge on any atom is 0.357 e. The molecular formula is C19H17FN6O5. The smallest absolute Gasteiger partial charge is 0.357 e. The van der Waals surface area contributed by atoms with E-state index in [-0.39, 0.29) is 35.6 Å². The Bertz CT molecular complexity index is 1150. The third kappa shape index (κ3) is 4.74. The zero-order chi connectivity index (χ0) is 22.0. The zero-order valence-corrected chi connectivity index (χ0v) is 16.0. The average molecular weight is 428 g/mol. The second-order valence-electron chi connectivity index (χ2n) is 6.97. The van der Waals surface area contributed by atoms with Gasteiger partial charge in [0.05, 0.1) is 6.20 Å². The number of nitrogens with zero attached hydrogens (tertiary/aromatic N) is 4. The van der Waals surface area contributed by atoms with Crippen molar-refractivity contribution in [3.63, 3.8) is 0 Å². The van der Waals surface area contributed by atoms with Gasteiger partial charge in [0.1, 0.15) is 24.3 Å². The highest BCUT2D eigenvalue weighted by atomic mass is 19.1. The molecule has 2 amide bonds. The van der Waals surface area contributed by atoms with E-state index in [4.69, 9.17) is 9.52 Å². The number of hydrogen-bond acceptors (Lipinski definition) is 7. The molecule has 4 rings (SSSR count). The molecule has 0 saturated carbocycles. The normalized spacial score (nSPS) is 16.0. The first-order chi connectivity index (χ1) is 14.9. The van der Waals surface area contributed by atoms with E-state index < -0.39 is 17.7 Å². The number of benzene rings is 1. The molecule has 12 heteroatoms. The van der Waals surface area contributed by atoms with Crippen LogP contribution in [0.1, 0.15) is 39.6 Å². The predicted octanol–water partition coefficient (Wildman–Crippen LogP) is 0.827. The summed E-state index contributed by atoms with van der Waals surface area (Å²) in [6.07, 6.45) is 3.35. The van der Waals surface area contributed by atoms with Crippen LogP contribution in [0.3, 0.4) is 0 Å². The molecule has 0 radical (unpaired) electrons. The number of amides is 2. The molecule has 1 fully saturated rings. The van der Waals surface area contributed by atoms with Crippen LogP contribution < -0.4 is 10.6 Å². The van der Waals surface area contributed by atoms with E-state index in [0.717, 1.165) is 12.3 Å². The number of nitrogens with one attached hydrogen (secondary N) is 2. The van der Waals surface area contributed by atoms with Crippen molar-refractivity contribution in [1.29, 1.82) is 0 Å². The molecule has 160 valence electrons. The van der Waals surface area contributed by atoms with Gasteiger partial charge < -0.3 is 20.2 Å². The molecule has 3 aromatic rings. The molecule has 3 heterocycles. The summed E-state index contributed by atoms with van der Waals surface area (Å²) in [5, 5.41) is 22.2. The SMILES string of the molecule is O=C1CCC(NC(=O)c2cc(F)cc(-c3cn(Cc4nc(C(=O)O)co4)nn3)c2)CN1. The molecule has 1 saturated heterocycles. The van der Waals surface area contributed by atoms with Crippen molar-refractivity contribution in [2.24, 2.45) is 0 Å². The summed E-state index contributed by atoms with van der Waals surface area (Å²) in [6.45, 7) is 0.349. The molecule has 0 bridgehead atoms. The number of rotatable bonds is 6. The van der Waals surface area contributed by atoms with Gasteiger partial charge in [-0.2, -0.15) is 0 Å². The fraction of sp³-hybridized carbons (Fsp3) is 0.263. The van der Waals surface area contributed by atoms with E-state index in [9.17, 15) is 18.8 Å². The highest BCUT2D eigenvalue weighted by Gasteiger charge is 2.21. The van der Waals surface area contributed by atoms with Gasteiger partial charge in [0.25, 0.3) is 5.91 Å². The first-order valence-corrected chi connectivity index (χ1v) is 9.34. The summed E-state index contributed by atoms with van der Waals surface area (Å²) in [6, 6.07) is 3.60. The van der Waals surface area contributed by atoms with Gasteiger partial charge in [0, 0.05) is 30.1 Å². The number of aromatic carboxylic acids is 1. The summed E-state index contributed by atoms with van der Waals surface area (Å²) >= 11 is 0. The van der Waals surface area contributed by atoms with Crippen LogP contribution in [-0.4, -0.2) is 55.5 Å². The van der Waals surface area contributed by atoms with Crippen LogP contribution >= 0.6 is 0 Å². The lowest BCUT2D eigenvalue weighted by Crippen LogP contribution is -2.47. The molecular weight excluding hydrogens is 411 g/mol. The quantitative estimate of drug-likeness (QED) is 0.522. The number of aromatic nitrogens is 4. The number of carbonyl (C=O) groups is 3. The van der Waals surface area contributed by atoms with Crippen LogP contribution in [0.25, 0.3) is 11.3 Å². The lowest BCUT2D eigenvalue weighted by atomic mass is 10.0. The largest absolute Gasteiger partial charge is 0.476 e. The molecule has 1 aromatic carbocycles. The van der Waals surface area contributed by atoms with E-state index in [0.29, 0.717) is 30.6 Å². The maximum atomic E-state index is 14.2. The topological polar surface area (TPSA) is 152 Å². The molecule has 1 aliphatic heterocycles. The lowest BCUT2D eigenvalue weighted by Gasteiger charge is -2.23. The Labute approximate surface area is 174 Å². The van der Waals surface area contributed by atoms with Gasteiger partial charge in [-0.15, -0.1) is 5.10 Å². The molecule has 2 aromatic heterocycles. The van der Waals surface area contributed by atoms with Crippen LogP contribution in [0.2, 0.25) is 0 Å². The maximum absolute atomic E-state index is 14.2. The molecule has 1 aliphatic rings. The minimum Gasteiger partial charge on any atom is -0.476 e. The van der Waals surface area contributed by atoms with Crippen molar-refractivity contribution < 1.29 is 28.3 Å². The standard InChI is InChI=1S/C19H17FN6O5/c20-12-4-10(3-11(5-12)18(28)22-13-1-2-16(27)21-6-13)14-7-26(25-24-14)8-17-23-15(9-31-17)19(29)30/h3-5,7,9,13H,1-2,6,8H2,(H,21,27)(H,22,28)(H,29,30). The third-order valence-electron chi connectivity index (χ3n) is 4.66. The zero-order valence-electron chi connectivity index (χ0n) is 16.0. The van der Waals surface area contributed by atoms with Gasteiger partial charge in [0.2, 0.25) is 11.8 Å². The van der Waals surface area contributed by atoms with E-state index >= 15 is 0 Å². The van der Waals surface area contributed by atoms with E-state index in [1.807, 2.05) is 0 Å². The van der Waals surface area contributed by atoms with Crippen LogP contribution in [0.15, 0.2) is 35.1 Å². The van der Waals surface area contributed by atoms with Crippen molar-refractivity contribution in [2.45, 2.75) is 25.4 Å². The Morgan fingerprint density at radius 2 is 2.19 bits per heavy atom. The Morgan fingerprint density at radius 3 is 2.90 bits per heavy atom. The number of carboxylic acid groups (broad SMARTS) is 1. The van der Waals surface area contributed by atoms with Crippen LogP contribution in [0, 0.1) is 5.82 Å². The number of piperidine rings is 1. The van der Waals surface area contributed by atoms with E-state index in [1.54, 1.807) is 0 Å². The molecule has 11 nitrogen and oxygen atoms in total. The van der Waals surface area contributed by atoms with Crippen molar-refractivity contribution in [3.8, 4) is 11.3 Å². The lowest BCUT2D eigenvalue weighted by molar-refractivity contribution is -0.122. The molecule has 0 spiro atoms. The Kier molecular flexibility index (Phi) is 5.43. The minimum absolute atomic E-state index is 0.0241. The van der Waals surface area contributed by atoms with E-state index in [1.165, 1.54) is 23.0 Å². The number of halogens is 1. The summed E-state index contributed by atoms with van der Waals surface area (Å²) in [5.41, 5.74) is 0.532. The molecule has 31 heavy (non-hydrogen) atoms. The van der Waals surface area contributed by atoms with Gasteiger partial charge >= 0.3 is 5.97 Å². The second kappa shape index (κ2) is 8.34. The van der Waals surface area contributed by atoms with Gasteiger partial charge in [-0.25, -0.2) is 18.9 Å². The number of carbonyl (C=O) groups excluding carboxylic acids is 2. The molecule has 1 atom stereocenters.